The smallest absolute Gasteiger partial charge is 0.322 e. The number of piperidine rings is 1. The molecule has 2 amide bonds. The first-order valence-electron chi connectivity index (χ1n) is 13.0. The number of urea groups is 1. The molecule has 1 saturated heterocycles. The second-order valence-corrected chi connectivity index (χ2v) is 9.67. The molecule has 0 aliphatic carbocycles. The van der Waals surface area contributed by atoms with Gasteiger partial charge in [0.1, 0.15) is 12.7 Å². The van der Waals surface area contributed by atoms with Crippen LogP contribution >= 0.6 is 0 Å². The number of carbonyl (C=O) groups is 1. The Morgan fingerprint density at radius 1 is 0.889 bits per heavy atom. The summed E-state index contributed by atoms with van der Waals surface area (Å²) in [5.41, 5.74) is 2.02. The number of likely N-dealkylation sites (tertiary alicyclic amines) is 1. The summed E-state index contributed by atoms with van der Waals surface area (Å²) < 4.78 is 12.0. The van der Waals surface area contributed by atoms with Crippen molar-refractivity contribution in [2.45, 2.75) is 31.9 Å². The van der Waals surface area contributed by atoms with Gasteiger partial charge in [-0.15, -0.1) is 0 Å². The Bertz CT molecular complexity index is 1100. The van der Waals surface area contributed by atoms with Crippen LogP contribution in [-0.2, 0) is 6.54 Å². The van der Waals surface area contributed by atoms with Crippen molar-refractivity contribution in [2.75, 3.05) is 37.7 Å². The highest BCUT2D eigenvalue weighted by atomic mass is 16.6. The van der Waals surface area contributed by atoms with E-state index in [0.29, 0.717) is 25.6 Å². The molecule has 188 valence electrons. The Hall–Kier alpha value is -3.51. The number of rotatable bonds is 8. The van der Waals surface area contributed by atoms with Crippen molar-refractivity contribution in [3.63, 3.8) is 0 Å². The largest absolute Gasteiger partial charge is 0.486 e. The molecule has 36 heavy (non-hydrogen) atoms. The molecular formula is C30H35N3O3. The van der Waals surface area contributed by atoms with Crippen molar-refractivity contribution >= 4 is 11.7 Å². The second-order valence-electron chi connectivity index (χ2n) is 9.67. The first kappa shape index (κ1) is 24.2. The van der Waals surface area contributed by atoms with Crippen LogP contribution in [0.2, 0.25) is 0 Å². The maximum absolute atomic E-state index is 13.1. The Labute approximate surface area is 213 Å². The van der Waals surface area contributed by atoms with Crippen molar-refractivity contribution in [2.24, 2.45) is 5.92 Å². The molecule has 0 saturated carbocycles. The van der Waals surface area contributed by atoms with E-state index in [-0.39, 0.29) is 12.1 Å². The molecule has 1 fully saturated rings. The van der Waals surface area contributed by atoms with E-state index >= 15 is 0 Å². The number of para-hydroxylation sites is 3. The normalized spacial score (nSPS) is 17.9. The highest BCUT2D eigenvalue weighted by Crippen LogP contribution is 2.31. The monoisotopic (exact) mass is 485 g/mol. The van der Waals surface area contributed by atoms with E-state index in [0.717, 1.165) is 61.6 Å². The van der Waals surface area contributed by atoms with E-state index in [2.05, 4.69) is 22.3 Å². The van der Waals surface area contributed by atoms with Gasteiger partial charge in [-0.05, 0) is 68.1 Å². The third kappa shape index (κ3) is 6.38. The Morgan fingerprint density at radius 3 is 2.31 bits per heavy atom. The summed E-state index contributed by atoms with van der Waals surface area (Å²) in [7, 11) is 0. The fourth-order valence-electron chi connectivity index (χ4n) is 5.03. The highest BCUT2D eigenvalue weighted by Gasteiger charge is 2.26. The quantitative estimate of drug-likeness (QED) is 0.468. The predicted molar refractivity (Wildman–Crippen MR) is 143 cm³/mol. The van der Waals surface area contributed by atoms with E-state index in [1.807, 2.05) is 77.7 Å². The van der Waals surface area contributed by atoms with Crippen LogP contribution in [0.4, 0.5) is 10.5 Å². The molecule has 0 spiro atoms. The van der Waals surface area contributed by atoms with Crippen LogP contribution in [0.3, 0.4) is 0 Å². The van der Waals surface area contributed by atoms with Crippen molar-refractivity contribution in [3.05, 3.63) is 90.5 Å². The molecule has 2 aliphatic heterocycles. The maximum Gasteiger partial charge on any atom is 0.322 e. The van der Waals surface area contributed by atoms with Crippen LogP contribution in [-0.4, -0.2) is 49.8 Å². The molecule has 0 radical (unpaired) electrons. The van der Waals surface area contributed by atoms with Gasteiger partial charge >= 0.3 is 6.03 Å². The van der Waals surface area contributed by atoms with Crippen LogP contribution in [0, 0.1) is 5.92 Å². The maximum atomic E-state index is 13.1. The SMILES string of the molecule is O=C(NCCC1CCN(CC2COc3ccccc3O2)CC1)N(Cc1ccccc1)c1ccccc1. The summed E-state index contributed by atoms with van der Waals surface area (Å²) in [6, 6.07) is 27.8. The van der Waals surface area contributed by atoms with E-state index in [1.54, 1.807) is 0 Å². The standard InChI is InChI=1S/C30H35N3O3/c34-30(33(26-11-5-2-6-12-26)21-25-9-3-1-4-10-25)31-18-15-24-16-19-32(20-17-24)22-27-23-35-28-13-7-8-14-29(28)36-27/h1-14,24,27H,15-23H2,(H,31,34). The van der Waals surface area contributed by atoms with Gasteiger partial charge in [-0.3, -0.25) is 9.80 Å². The van der Waals surface area contributed by atoms with Crippen LogP contribution in [0.25, 0.3) is 0 Å². The van der Waals surface area contributed by atoms with Gasteiger partial charge in [0.2, 0.25) is 0 Å². The average molecular weight is 486 g/mol. The summed E-state index contributed by atoms with van der Waals surface area (Å²) >= 11 is 0. The van der Waals surface area contributed by atoms with Crippen LogP contribution < -0.4 is 19.7 Å². The third-order valence-corrected chi connectivity index (χ3v) is 7.06. The number of hydrogen-bond donors (Lipinski definition) is 1. The topological polar surface area (TPSA) is 54.0 Å². The molecule has 3 aromatic rings. The molecule has 6 nitrogen and oxygen atoms in total. The number of fused-ring (bicyclic) bond motifs is 1. The van der Waals surface area contributed by atoms with E-state index in [1.165, 1.54) is 0 Å². The minimum atomic E-state index is -0.0442. The molecule has 1 N–H and O–H groups in total. The predicted octanol–water partition coefficient (Wildman–Crippen LogP) is 5.34. The van der Waals surface area contributed by atoms with Crippen LogP contribution in [0.1, 0.15) is 24.8 Å². The van der Waals surface area contributed by atoms with Gasteiger partial charge in [0.05, 0.1) is 6.54 Å². The van der Waals surface area contributed by atoms with Crippen LogP contribution in [0.15, 0.2) is 84.9 Å². The number of benzene rings is 3. The number of amides is 2. The lowest BCUT2D eigenvalue weighted by Gasteiger charge is -2.35. The fourth-order valence-corrected chi connectivity index (χ4v) is 5.03. The van der Waals surface area contributed by atoms with Crippen molar-refractivity contribution in [1.29, 1.82) is 0 Å². The summed E-state index contributed by atoms with van der Waals surface area (Å²) in [5, 5.41) is 3.17. The zero-order valence-corrected chi connectivity index (χ0v) is 20.7. The van der Waals surface area contributed by atoms with Crippen LogP contribution in [0.5, 0.6) is 11.5 Å². The molecular weight excluding hydrogens is 450 g/mol. The molecule has 0 aromatic heterocycles. The molecule has 0 bridgehead atoms. The summed E-state index contributed by atoms with van der Waals surface area (Å²) in [6.45, 7) is 4.85. The lowest BCUT2D eigenvalue weighted by atomic mass is 9.93. The van der Waals surface area contributed by atoms with Crippen molar-refractivity contribution in [1.82, 2.24) is 10.2 Å². The number of ether oxygens (including phenoxy) is 2. The lowest BCUT2D eigenvalue weighted by Crippen LogP contribution is -2.44. The molecule has 6 heteroatoms. The number of anilines is 1. The molecule has 2 heterocycles. The Balaban J connectivity index is 1.06. The summed E-state index contributed by atoms with van der Waals surface area (Å²) in [5.74, 6) is 2.31. The lowest BCUT2D eigenvalue weighted by molar-refractivity contribution is 0.0473. The van der Waals surface area contributed by atoms with E-state index < -0.39 is 0 Å². The first-order chi connectivity index (χ1) is 17.7. The number of nitrogens with zero attached hydrogens (tertiary/aromatic N) is 2. The minimum Gasteiger partial charge on any atom is -0.486 e. The molecule has 5 rings (SSSR count). The van der Waals surface area contributed by atoms with Gasteiger partial charge in [0.25, 0.3) is 0 Å². The third-order valence-electron chi connectivity index (χ3n) is 7.06. The second kappa shape index (κ2) is 12.0. The zero-order chi connectivity index (χ0) is 24.6. The molecule has 2 aliphatic rings. The van der Waals surface area contributed by atoms with E-state index in [4.69, 9.17) is 9.47 Å². The first-order valence-corrected chi connectivity index (χ1v) is 13.0. The van der Waals surface area contributed by atoms with Gasteiger partial charge < -0.3 is 14.8 Å². The number of nitrogens with one attached hydrogen (secondary N) is 1. The summed E-state index contributed by atoms with van der Waals surface area (Å²) in [6.07, 6.45) is 3.37. The van der Waals surface area contributed by atoms with Crippen molar-refractivity contribution < 1.29 is 14.3 Å². The number of hydrogen-bond acceptors (Lipinski definition) is 4. The van der Waals surface area contributed by atoms with Gasteiger partial charge in [-0.2, -0.15) is 0 Å². The fraction of sp³-hybridized carbons (Fsp3) is 0.367. The molecule has 1 atom stereocenters. The zero-order valence-electron chi connectivity index (χ0n) is 20.7. The Morgan fingerprint density at radius 2 is 1.56 bits per heavy atom. The summed E-state index contributed by atoms with van der Waals surface area (Å²) in [4.78, 5) is 17.4. The van der Waals surface area contributed by atoms with Gasteiger partial charge in [0, 0.05) is 18.8 Å². The van der Waals surface area contributed by atoms with Crippen molar-refractivity contribution in [3.8, 4) is 11.5 Å². The van der Waals surface area contributed by atoms with Gasteiger partial charge in [0.15, 0.2) is 11.5 Å². The van der Waals surface area contributed by atoms with Gasteiger partial charge in [-0.1, -0.05) is 60.7 Å². The molecule has 3 aromatic carbocycles. The average Bonchev–Trinajstić information content (AvgIpc) is 2.93. The molecule has 1 unspecified atom stereocenters. The highest BCUT2D eigenvalue weighted by molar-refractivity contribution is 5.91. The minimum absolute atomic E-state index is 0.0442. The Kier molecular flexibility index (Phi) is 8.03. The number of carbonyl (C=O) groups excluding carboxylic acids is 1. The van der Waals surface area contributed by atoms with E-state index in [9.17, 15) is 4.79 Å². The van der Waals surface area contributed by atoms with Gasteiger partial charge in [-0.25, -0.2) is 4.79 Å².